The van der Waals surface area contributed by atoms with Gasteiger partial charge in [-0.2, -0.15) is 0 Å². The molecule has 3 nitrogen and oxygen atoms in total. The SMILES string of the molecule is CN(C1CCCCCC1)S(C)(=N)=O. The first kappa shape index (κ1) is 11.0. The lowest BCUT2D eigenvalue weighted by molar-refractivity contribution is 0.350. The van der Waals surface area contributed by atoms with Crippen molar-refractivity contribution in [1.82, 2.24) is 4.31 Å². The minimum absolute atomic E-state index is 0.373. The average Bonchev–Trinajstić information content (AvgIpc) is 2.28. The molecule has 1 fully saturated rings. The Hall–Kier alpha value is -0.0900. The van der Waals surface area contributed by atoms with E-state index < -0.39 is 9.92 Å². The van der Waals surface area contributed by atoms with Crippen LogP contribution in [0.3, 0.4) is 0 Å². The second-order valence-corrected chi connectivity index (χ2v) is 6.18. The van der Waals surface area contributed by atoms with Gasteiger partial charge in [-0.15, -0.1) is 0 Å². The zero-order valence-electron chi connectivity index (χ0n) is 8.58. The normalized spacial score (nSPS) is 25.5. The van der Waals surface area contributed by atoms with E-state index in [-0.39, 0.29) is 0 Å². The average molecular weight is 204 g/mol. The fraction of sp³-hybridized carbons (Fsp3) is 1.00. The Balaban J connectivity index is 2.59. The minimum atomic E-state index is -2.49. The second kappa shape index (κ2) is 4.42. The summed E-state index contributed by atoms with van der Waals surface area (Å²) < 4.78 is 20.8. The van der Waals surface area contributed by atoms with E-state index in [2.05, 4.69) is 0 Å². The lowest BCUT2D eigenvalue weighted by Crippen LogP contribution is -2.35. The van der Waals surface area contributed by atoms with Gasteiger partial charge in [-0.05, 0) is 12.8 Å². The predicted molar refractivity (Wildman–Crippen MR) is 56.0 cm³/mol. The van der Waals surface area contributed by atoms with E-state index in [4.69, 9.17) is 4.78 Å². The first-order valence-electron chi connectivity index (χ1n) is 4.98. The maximum atomic E-state index is 11.5. The zero-order chi connectivity index (χ0) is 9.90. The number of hydrogen-bond donors (Lipinski definition) is 1. The molecular formula is C9H20N2OS. The molecule has 1 unspecified atom stereocenters. The highest BCUT2D eigenvalue weighted by Crippen LogP contribution is 2.22. The molecule has 0 aromatic carbocycles. The molecule has 0 spiro atoms. The van der Waals surface area contributed by atoms with Gasteiger partial charge in [-0.3, -0.25) is 0 Å². The van der Waals surface area contributed by atoms with Gasteiger partial charge in [0.05, 0.1) is 0 Å². The molecular weight excluding hydrogens is 184 g/mol. The first-order valence-corrected chi connectivity index (χ1v) is 6.91. The lowest BCUT2D eigenvalue weighted by atomic mass is 10.1. The lowest BCUT2D eigenvalue weighted by Gasteiger charge is -2.26. The summed E-state index contributed by atoms with van der Waals surface area (Å²) in [6, 6.07) is 0.373. The van der Waals surface area contributed by atoms with Crippen molar-refractivity contribution in [2.75, 3.05) is 13.3 Å². The molecule has 0 radical (unpaired) electrons. The van der Waals surface area contributed by atoms with E-state index in [1.165, 1.54) is 31.9 Å². The Labute approximate surface area is 81.6 Å². The molecule has 78 valence electrons. The highest BCUT2D eigenvalue weighted by molar-refractivity contribution is 7.89. The van der Waals surface area contributed by atoms with Gasteiger partial charge in [0.25, 0.3) is 0 Å². The van der Waals surface area contributed by atoms with E-state index in [1.807, 2.05) is 7.05 Å². The molecule has 0 aliphatic heterocycles. The van der Waals surface area contributed by atoms with Crippen LogP contribution >= 0.6 is 0 Å². The van der Waals surface area contributed by atoms with Crippen LogP contribution in [0.25, 0.3) is 0 Å². The monoisotopic (exact) mass is 204 g/mol. The minimum Gasteiger partial charge on any atom is -0.240 e. The van der Waals surface area contributed by atoms with Crippen molar-refractivity contribution in [3.05, 3.63) is 0 Å². The number of nitrogens with zero attached hydrogens (tertiary/aromatic N) is 1. The second-order valence-electron chi connectivity index (χ2n) is 3.99. The summed E-state index contributed by atoms with van der Waals surface area (Å²) in [5.41, 5.74) is 0. The predicted octanol–water partition coefficient (Wildman–Crippen LogP) is 2.23. The third-order valence-electron chi connectivity index (χ3n) is 2.89. The molecule has 0 aromatic rings. The van der Waals surface area contributed by atoms with Gasteiger partial charge in [-0.1, -0.05) is 25.7 Å². The maximum absolute atomic E-state index is 11.5. The van der Waals surface area contributed by atoms with Crippen molar-refractivity contribution < 1.29 is 4.21 Å². The molecule has 0 aromatic heterocycles. The van der Waals surface area contributed by atoms with E-state index in [9.17, 15) is 4.21 Å². The Bertz CT molecular complexity index is 240. The Morgan fingerprint density at radius 2 is 1.69 bits per heavy atom. The molecule has 1 rings (SSSR count). The molecule has 0 saturated heterocycles. The Kier molecular flexibility index (Phi) is 3.74. The van der Waals surface area contributed by atoms with Crippen molar-refractivity contribution in [3.8, 4) is 0 Å². The fourth-order valence-electron chi connectivity index (χ4n) is 1.91. The Morgan fingerprint density at radius 1 is 1.23 bits per heavy atom. The van der Waals surface area contributed by atoms with Crippen LogP contribution in [0.15, 0.2) is 0 Å². The van der Waals surface area contributed by atoms with Crippen LogP contribution in [0.5, 0.6) is 0 Å². The molecule has 0 bridgehead atoms. The number of rotatable bonds is 2. The third-order valence-corrected chi connectivity index (χ3v) is 4.29. The van der Waals surface area contributed by atoms with Crippen molar-refractivity contribution in [2.45, 2.75) is 44.6 Å². The van der Waals surface area contributed by atoms with Crippen LogP contribution in [0.1, 0.15) is 38.5 Å². The van der Waals surface area contributed by atoms with E-state index in [1.54, 1.807) is 4.31 Å². The topological polar surface area (TPSA) is 44.2 Å². The van der Waals surface area contributed by atoms with Crippen LogP contribution in [-0.2, 0) is 9.92 Å². The molecule has 1 N–H and O–H groups in total. The number of hydrogen-bond acceptors (Lipinski definition) is 2. The van der Waals surface area contributed by atoms with Gasteiger partial charge in [0.1, 0.15) is 9.92 Å². The molecule has 4 heteroatoms. The van der Waals surface area contributed by atoms with Gasteiger partial charge < -0.3 is 0 Å². The quantitative estimate of drug-likeness (QED) is 0.689. The smallest absolute Gasteiger partial charge is 0.104 e. The van der Waals surface area contributed by atoms with Gasteiger partial charge in [0, 0.05) is 19.3 Å². The summed E-state index contributed by atoms with van der Waals surface area (Å²) in [7, 11) is -0.661. The number of nitrogens with one attached hydrogen (secondary N) is 1. The van der Waals surface area contributed by atoms with Crippen molar-refractivity contribution in [2.24, 2.45) is 0 Å². The van der Waals surface area contributed by atoms with Crippen LogP contribution in [0.2, 0.25) is 0 Å². The van der Waals surface area contributed by atoms with Crippen molar-refractivity contribution in [3.63, 3.8) is 0 Å². The zero-order valence-corrected chi connectivity index (χ0v) is 9.40. The molecule has 1 aliphatic rings. The largest absolute Gasteiger partial charge is 0.240 e. The summed E-state index contributed by atoms with van der Waals surface area (Å²) >= 11 is 0. The maximum Gasteiger partial charge on any atom is 0.104 e. The highest BCUT2D eigenvalue weighted by Gasteiger charge is 2.20. The van der Waals surface area contributed by atoms with Crippen molar-refractivity contribution in [1.29, 1.82) is 4.78 Å². The molecule has 0 amide bonds. The first-order chi connectivity index (χ1) is 6.02. The van der Waals surface area contributed by atoms with E-state index in [0.29, 0.717) is 6.04 Å². The molecule has 1 saturated carbocycles. The summed E-state index contributed by atoms with van der Waals surface area (Å²) in [6.07, 6.45) is 8.79. The van der Waals surface area contributed by atoms with Crippen LogP contribution in [0, 0.1) is 4.78 Å². The Morgan fingerprint density at radius 3 is 2.08 bits per heavy atom. The molecule has 13 heavy (non-hydrogen) atoms. The van der Waals surface area contributed by atoms with Gasteiger partial charge in [-0.25, -0.2) is 13.3 Å². The summed E-state index contributed by atoms with van der Waals surface area (Å²) in [5, 5.41) is 0. The van der Waals surface area contributed by atoms with Crippen LogP contribution < -0.4 is 0 Å². The standard InChI is InChI=1S/C9H20N2OS/c1-11(13(2,10)12)9-7-5-3-4-6-8-9/h9-10H,3-8H2,1-2H3. The van der Waals surface area contributed by atoms with Crippen molar-refractivity contribution >= 4 is 9.92 Å². The van der Waals surface area contributed by atoms with Crippen LogP contribution in [0.4, 0.5) is 0 Å². The summed E-state index contributed by atoms with van der Waals surface area (Å²) in [4.78, 5) is 0. The third kappa shape index (κ3) is 3.27. The summed E-state index contributed by atoms with van der Waals surface area (Å²) in [6.45, 7) is 0. The molecule has 1 aliphatic carbocycles. The highest BCUT2D eigenvalue weighted by atomic mass is 32.2. The van der Waals surface area contributed by atoms with Gasteiger partial charge in [0.2, 0.25) is 0 Å². The fourth-order valence-corrected chi connectivity index (χ4v) is 2.69. The molecule has 0 heterocycles. The van der Waals surface area contributed by atoms with Gasteiger partial charge >= 0.3 is 0 Å². The van der Waals surface area contributed by atoms with E-state index in [0.717, 1.165) is 12.8 Å². The van der Waals surface area contributed by atoms with Gasteiger partial charge in [0.15, 0.2) is 0 Å². The van der Waals surface area contributed by atoms with E-state index >= 15 is 0 Å². The molecule has 1 atom stereocenters. The summed E-state index contributed by atoms with van der Waals surface area (Å²) in [5.74, 6) is 0. The van der Waals surface area contributed by atoms with Crippen LogP contribution in [-0.4, -0.2) is 27.9 Å².